The van der Waals surface area contributed by atoms with E-state index in [-0.39, 0.29) is 29.9 Å². The van der Waals surface area contributed by atoms with E-state index in [0.717, 1.165) is 18.9 Å². The number of guanidine groups is 1. The number of rotatable bonds is 9. The van der Waals surface area contributed by atoms with E-state index in [1.807, 2.05) is 31.2 Å². The molecule has 2 rings (SSSR count). The van der Waals surface area contributed by atoms with Gasteiger partial charge in [0.05, 0.1) is 7.11 Å². The lowest BCUT2D eigenvalue weighted by molar-refractivity contribution is 0.0954. The van der Waals surface area contributed by atoms with Gasteiger partial charge >= 0.3 is 0 Å². The zero-order valence-electron chi connectivity index (χ0n) is 16.4. The van der Waals surface area contributed by atoms with Crippen LogP contribution in [0.25, 0.3) is 0 Å². The Kier molecular flexibility index (Phi) is 11.7. The Hall–Kier alpha value is -2.29. The number of carbonyl (C=O) groups is 1. The fourth-order valence-electron chi connectivity index (χ4n) is 2.51. The first-order valence-electron chi connectivity index (χ1n) is 9.21. The van der Waals surface area contributed by atoms with E-state index in [0.29, 0.717) is 30.9 Å². The number of hydrogen-bond acceptors (Lipinski definition) is 3. The fraction of sp³-hybridized carbons (Fsp3) is 0.333. The predicted octanol–water partition coefficient (Wildman–Crippen LogP) is 2.84. The Balaban J connectivity index is 0.00000392. The van der Waals surface area contributed by atoms with Crippen molar-refractivity contribution in [2.75, 3.05) is 33.3 Å². The van der Waals surface area contributed by atoms with Gasteiger partial charge in [-0.2, -0.15) is 0 Å². The van der Waals surface area contributed by atoms with Crippen LogP contribution in [0.2, 0.25) is 0 Å². The van der Waals surface area contributed by atoms with Gasteiger partial charge in [-0.05, 0) is 37.1 Å². The molecule has 152 valence electrons. The number of ether oxygens (including phenoxy) is 1. The molecule has 0 heterocycles. The van der Waals surface area contributed by atoms with Gasteiger partial charge < -0.3 is 20.7 Å². The molecular formula is C21H29IN4O2. The van der Waals surface area contributed by atoms with Crippen molar-refractivity contribution in [1.29, 1.82) is 0 Å². The minimum absolute atomic E-state index is 0. The van der Waals surface area contributed by atoms with Crippen molar-refractivity contribution in [2.45, 2.75) is 13.3 Å². The van der Waals surface area contributed by atoms with Crippen LogP contribution in [0.15, 0.2) is 59.6 Å². The summed E-state index contributed by atoms with van der Waals surface area (Å²) in [4.78, 5) is 16.7. The molecule has 6 nitrogen and oxygen atoms in total. The third kappa shape index (κ3) is 8.60. The zero-order chi connectivity index (χ0) is 19.3. The van der Waals surface area contributed by atoms with E-state index in [2.05, 4.69) is 33.1 Å². The van der Waals surface area contributed by atoms with Crippen molar-refractivity contribution in [1.82, 2.24) is 16.0 Å². The van der Waals surface area contributed by atoms with Gasteiger partial charge in [0.25, 0.3) is 5.91 Å². The van der Waals surface area contributed by atoms with Crippen LogP contribution < -0.4 is 20.7 Å². The molecule has 0 saturated heterocycles. The van der Waals surface area contributed by atoms with Crippen LogP contribution in [0.1, 0.15) is 22.8 Å². The third-order valence-electron chi connectivity index (χ3n) is 3.89. The second-order valence-electron chi connectivity index (χ2n) is 5.91. The monoisotopic (exact) mass is 496 g/mol. The van der Waals surface area contributed by atoms with Gasteiger partial charge in [0, 0.05) is 31.7 Å². The lowest BCUT2D eigenvalue weighted by atomic mass is 10.2. The number of methoxy groups -OCH3 is 1. The molecule has 7 heteroatoms. The highest BCUT2D eigenvalue weighted by atomic mass is 127. The second-order valence-corrected chi connectivity index (χ2v) is 5.91. The van der Waals surface area contributed by atoms with Gasteiger partial charge in [-0.1, -0.05) is 36.4 Å². The van der Waals surface area contributed by atoms with Gasteiger partial charge in [-0.3, -0.25) is 9.79 Å². The molecule has 28 heavy (non-hydrogen) atoms. The van der Waals surface area contributed by atoms with Gasteiger partial charge in [-0.15, -0.1) is 24.0 Å². The number of nitrogens with one attached hydrogen (secondary N) is 3. The van der Waals surface area contributed by atoms with Crippen molar-refractivity contribution in [3.63, 3.8) is 0 Å². The topological polar surface area (TPSA) is 74.8 Å². The van der Waals surface area contributed by atoms with E-state index in [1.165, 1.54) is 5.56 Å². The van der Waals surface area contributed by atoms with Crippen LogP contribution in [0.3, 0.4) is 0 Å². The molecule has 0 fully saturated rings. The summed E-state index contributed by atoms with van der Waals surface area (Å²) in [7, 11) is 1.58. The number of benzene rings is 2. The summed E-state index contributed by atoms with van der Waals surface area (Å²) < 4.78 is 5.14. The SMILES string of the molecule is CCNC(=NCCc1ccccc1)NCCNC(=O)c1cccc(OC)c1.I. The molecule has 0 aromatic heterocycles. The summed E-state index contributed by atoms with van der Waals surface area (Å²) >= 11 is 0. The van der Waals surface area contributed by atoms with Crippen LogP contribution in [0.5, 0.6) is 5.75 Å². The maximum Gasteiger partial charge on any atom is 0.251 e. The molecule has 0 bridgehead atoms. The molecule has 0 aliphatic rings. The molecule has 0 aliphatic heterocycles. The minimum Gasteiger partial charge on any atom is -0.497 e. The average molecular weight is 496 g/mol. The normalized spacial score (nSPS) is 10.6. The first kappa shape index (κ1) is 23.7. The summed E-state index contributed by atoms with van der Waals surface area (Å²) in [6, 6.07) is 17.4. The lowest BCUT2D eigenvalue weighted by Crippen LogP contribution is -2.41. The number of nitrogens with zero attached hydrogens (tertiary/aromatic N) is 1. The predicted molar refractivity (Wildman–Crippen MR) is 125 cm³/mol. The molecule has 0 atom stereocenters. The molecule has 0 spiro atoms. The smallest absolute Gasteiger partial charge is 0.251 e. The molecule has 2 aromatic rings. The molecule has 2 aromatic carbocycles. The fourth-order valence-corrected chi connectivity index (χ4v) is 2.51. The summed E-state index contributed by atoms with van der Waals surface area (Å²) in [6.07, 6.45) is 0.893. The summed E-state index contributed by atoms with van der Waals surface area (Å²) in [5.41, 5.74) is 1.85. The standard InChI is InChI=1S/C21H28N4O2.HI/c1-3-22-21(24-13-12-17-8-5-4-6-9-17)25-15-14-23-20(26)18-10-7-11-19(16-18)27-2;/h4-11,16H,3,12-15H2,1-2H3,(H,23,26)(H2,22,24,25);1H. The van der Waals surface area contributed by atoms with E-state index < -0.39 is 0 Å². The Bertz CT molecular complexity index is 738. The van der Waals surface area contributed by atoms with Crippen molar-refractivity contribution < 1.29 is 9.53 Å². The van der Waals surface area contributed by atoms with Crippen LogP contribution in [0, 0.1) is 0 Å². The lowest BCUT2D eigenvalue weighted by Gasteiger charge is -2.12. The maximum atomic E-state index is 12.2. The number of halogens is 1. The Morgan fingerprint density at radius 3 is 2.46 bits per heavy atom. The molecule has 0 saturated carbocycles. The minimum atomic E-state index is -0.123. The van der Waals surface area contributed by atoms with E-state index in [9.17, 15) is 4.79 Å². The number of amides is 1. The first-order valence-corrected chi connectivity index (χ1v) is 9.21. The quantitative estimate of drug-likeness (QED) is 0.216. The van der Waals surface area contributed by atoms with Gasteiger partial charge in [0.15, 0.2) is 5.96 Å². The Morgan fingerprint density at radius 1 is 1.00 bits per heavy atom. The van der Waals surface area contributed by atoms with Crippen molar-refractivity contribution >= 4 is 35.8 Å². The highest BCUT2D eigenvalue weighted by Gasteiger charge is 2.06. The molecule has 0 radical (unpaired) electrons. The highest BCUT2D eigenvalue weighted by molar-refractivity contribution is 14.0. The molecule has 3 N–H and O–H groups in total. The average Bonchev–Trinajstić information content (AvgIpc) is 2.71. The van der Waals surface area contributed by atoms with Crippen LogP contribution >= 0.6 is 24.0 Å². The van der Waals surface area contributed by atoms with E-state index >= 15 is 0 Å². The van der Waals surface area contributed by atoms with E-state index in [4.69, 9.17) is 4.74 Å². The molecule has 1 amide bonds. The third-order valence-corrected chi connectivity index (χ3v) is 3.89. The summed E-state index contributed by atoms with van der Waals surface area (Å²) in [5, 5.41) is 9.34. The highest BCUT2D eigenvalue weighted by Crippen LogP contribution is 2.12. The van der Waals surface area contributed by atoms with Crippen LogP contribution in [0.4, 0.5) is 0 Å². The maximum absolute atomic E-state index is 12.2. The summed E-state index contributed by atoms with van der Waals surface area (Å²) in [6.45, 7) is 4.60. The number of aliphatic imine (C=N–C) groups is 1. The van der Waals surface area contributed by atoms with Crippen LogP contribution in [-0.4, -0.2) is 45.2 Å². The van der Waals surface area contributed by atoms with Gasteiger partial charge in [0.2, 0.25) is 0 Å². The molecular weight excluding hydrogens is 467 g/mol. The second kappa shape index (κ2) is 13.8. The van der Waals surface area contributed by atoms with Gasteiger partial charge in [0.1, 0.15) is 5.75 Å². The van der Waals surface area contributed by atoms with Crippen LogP contribution in [-0.2, 0) is 6.42 Å². The molecule has 0 aliphatic carbocycles. The summed E-state index contributed by atoms with van der Waals surface area (Å²) in [5.74, 6) is 1.30. The largest absolute Gasteiger partial charge is 0.497 e. The molecule has 0 unspecified atom stereocenters. The zero-order valence-corrected chi connectivity index (χ0v) is 18.7. The Labute approximate surface area is 184 Å². The Morgan fingerprint density at radius 2 is 1.75 bits per heavy atom. The van der Waals surface area contributed by atoms with Crippen molar-refractivity contribution in [3.05, 3.63) is 65.7 Å². The van der Waals surface area contributed by atoms with Crippen molar-refractivity contribution in [3.8, 4) is 5.75 Å². The van der Waals surface area contributed by atoms with Gasteiger partial charge in [-0.25, -0.2) is 0 Å². The van der Waals surface area contributed by atoms with E-state index in [1.54, 1.807) is 25.3 Å². The number of carbonyl (C=O) groups excluding carboxylic acids is 1. The van der Waals surface area contributed by atoms with Crippen molar-refractivity contribution in [2.24, 2.45) is 4.99 Å². The number of hydrogen-bond donors (Lipinski definition) is 3. The first-order chi connectivity index (χ1) is 13.2.